The van der Waals surface area contributed by atoms with E-state index in [1.54, 1.807) is 25.3 Å². The Hall–Kier alpha value is -2.36. The summed E-state index contributed by atoms with van der Waals surface area (Å²) in [6.45, 7) is 1.92. The van der Waals surface area contributed by atoms with Gasteiger partial charge < -0.3 is 55.5 Å². The lowest BCUT2D eigenvalue weighted by molar-refractivity contribution is -0.303. The third-order valence-corrected chi connectivity index (χ3v) is 11.0. The highest BCUT2D eigenvalue weighted by Gasteiger charge is 2.44. The number of carbonyl (C=O) groups excluding carboxylic acids is 2. The third-order valence-electron chi connectivity index (χ3n) is 11.0. The molecule has 0 bridgehead atoms. The Bertz CT molecular complexity index is 1170. The summed E-state index contributed by atoms with van der Waals surface area (Å²) in [4.78, 5) is 25.3. The van der Waals surface area contributed by atoms with Crippen LogP contribution in [0.4, 0.5) is 0 Å². The fourth-order valence-corrected chi connectivity index (χ4v) is 7.26. The molecule has 1 aliphatic rings. The predicted octanol–water partition coefficient (Wildman–Crippen LogP) is 5.44. The van der Waals surface area contributed by atoms with Gasteiger partial charge in [0, 0.05) is 18.5 Å². The molecule has 2 unspecified atom stereocenters. The molecule has 1 aromatic rings. The van der Waals surface area contributed by atoms with Crippen LogP contribution >= 0.6 is 0 Å². The van der Waals surface area contributed by atoms with Crippen LogP contribution < -0.4 is 15.4 Å². The van der Waals surface area contributed by atoms with Gasteiger partial charge in [-0.3, -0.25) is 9.59 Å². The lowest BCUT2D eigenvalue weighted by Gasteiger charge is -2.40. The van der Waals surface area contributed by atoms with E-state index in [0.717, 1.165) is 77.0 Å². The van der Waals surface area contributed by atoms with Crippen molar-refractivity contribution in [2.75, 3.05) is 26.9 Å². The second kappa shape index (κ2) is 31.5. The number of aliphatic hydroxyl groups is 6. The first-order valence-electron chi connectivity index (χ1n) is 22.1. The number of ether oxygens (including phenoxy) is 3. The molecule has 1 aliphatic heterocycles. The van der Waals surface area contributed by atoms with Crippen molar-refractivity contribution >= 4 is 11.8 Å². The predicted molar refractivity (Wildman–Crippen MR) is 221 cm³/mol. The fraction of sp³-hybridized carbons (Fsp3) is 0.818. The van der Waals surface area contributed by atoms with E-state index in [2.05, 4.69) is 17.6 Å². The molecule has 8 N–H and O–H groups in total. The molecule has 1 heterocycles. The number of benzene rings is 1. The van der Waals surface area contributed by atoms with E-state index in [1.807, 2.05) is 6.07 Å². The monoisotopic (exact) mass is 811 g/mol. The maximum absolute atomic E-state index is 13.0. The summed E-state index contributed by atoms with van der Waals surface area (Å²) in [7, 11) is 1.58. The lowest BCUT2D eigenvalue weighted by atomic mass is 9.98. The van der Waals surface area contributed by atoms with Crippen LogP contribution in [-0.4, -0.2) is 118 Å². The van der Waals surface area contributed by atoms with Crippen LogP contribution in [0.3, 0.4) is 0 Å². The van der Waals surface area contributed by atoms with Gasteiger partial charge in [-0.2, -0.15) is 0 Å². The topological polar surface area (TPSA) is 207 Å². The van der Waals surface area contributed by atoms with Crippen molar-refractivity contribution in [2.45, 2.75) is 204 Å². The number of carbonyl (C=O) groups is 2. The van der Waals surface area contributed by atoms with E-state index in [-0.39, 0.29) is 24.8 Å². The fourth-order valence-electron chi connectivity index (χ4n) is 7.26. The number of aliphatic hydroxyl groups excluding tert-OH is 6. The molecule has 1 fully saturated rings. The first-order chi connectivity index (χ1) is 27.6. The summed E-state index contributed by atoms with van der Waals surface area (Å²) < 4.78 is 16.3. The van der Waals surface area contributed by atoms with Gasteiger partial charge in [0.2, 0.25) is 5.91 Å². The van der Waals surface area contributed by atoms with Crippen molar-refractivity contribution in [3.8, 4) is 5.75 Å². The van der Waals surface area contributed by atoms with Crippen LogP contribution in [0.25, 0.3) is 0 Å². The molecule has 1 saturated heterocycles. The van der Waals surface area contributed by atoms with Crippen molar-refractivity contribution < 1.29 is 54.4 Å². The Morgan fingerprint density at radius 2 is 1.32 bits per heavy atom. The van der Waals surface area contributed by atoms with Crippen LogP contribution in [0.1, 0.15) is 165 Å². The van der Waals surface area contributed by atoms with Crippen LogP contribution in [0.5, 0.6) is 5.75 Å². The van der Waals surface area contributed by atoms with Crippen LogP contribution in [0.15, 0.2) is 24.3 Å². The lowest BCUT2D eigenvalue weighted by Crippen LogP contribution is -2.60. The highest BCUT2D eigenvalue weighted by Crippen LogP contribution is 2.23. The molecular weight excluding hydrogens is 732 g/mol. The van der Waals surface area contributed by atoms with Crippen LogP contribution in [-0.2, 0) is 14.3 Å². The molecule has 2 rings (SSSR count). The van der Waals surface area contributed by atoms with E-state index in [1.165, 1.54) is 51.4 Å². The molecule has 13 heteroatoms. The van der Waals surface area contributed by atoms with Gasteiger partial charge in [0.1, 0.15) is 36.3 Å². The van der Waals surface area contributed by atoms with Gasteiger partial charge in [-0.15, -0.1) is 0 Å². The summed E-state index contributed by atoms with van der Waals surface area (Å²) in [5, 5.41) is 68.0. The number of hydrogen-bond acceptors (Lipinski definition) is 11. The third kappa shape index (κ3) is 21.5. The number of rotatable bonds is 34. The Morgan fingerprint density at radius 3 is 1.89 bits per heavy atom. The standard InChI is InChI=1S/C44H78N2O11/c1-3-4-5-6-7-8-9-10-12-15-18-21-27-36(48)39(50)35(32-56-44-42(53)41(52)40(51)37(31-47)57-44)46-38(49)28-22-19-16-13-11-14-17-20-23-29-45-43(54)33-25-24-26-34(30-33)55-2/h24-26,30,35-37,39-42,44,47-48,50-53H,3-23,27-29,31-32H2,1-2H3,(H,45,54)(H,46,49)/t35-,36+,37?,39-,40-,41-,42?,44-/m0/s1. The van der Waals surface area contributed by atoms with Gasteiger partial charge in [-0.25, -0.2) is 0 Å². The van der Waals surface area contributed by atoms with Gasteiger partial charge >= 0.3 is 0 Å². The Balaban J connectivity index is 1.68. The summed E-state index contributed by atoms with van der Waals surface area (Å²) in [5.41, 5.74) is 0.587. The molecular formula is C44H78N2O11. The molecule has 13 nitrogen and oxygen atoms in total. The van der Waals surface area contributed by atoms with Gasteiger partial charge in [-0.1, -0.05) is 135 Å². The SMILES string of the molecule is CCCCCCCCCCCCCC[C@@H](O)[C@@H](O)[C@H](CO[C@H]1OC(CO)[C@H](O)[C@H](O)C1O)NC(=O)CCCCCCCCCCCNC(=O)c1cccc(OC)c1. The number of hydrogen-bond donors (Lipinski definition) is 8. The summed E-state index contributed by atoms with van der Waals surface area (Å²) in [6, 6.07) is 6.08. The zero-order chi connectivity index (χ0) is 41.7. The van der Waals surface area contributed by atoms with Crippen LogP contribution in [0.2, 0.25) is 0 Å². The number of methoxy groups -OCH3 is 1. The molecule has 8 atom stereocenters. The van der Waals surface area contributed by atoms with E-state index in [4.69, 9.17) is 14.2 Å². The van der Waals surface area contributed by atoms with E-state index in [9.17, 15) is 40.2 Å². The molecule has 1 aromatic carbocycles. The number of nitrogens with one attached hydrogen (secondary N) is 2. The Labute approximate surface area is 342 Å². The van der Waals surface area contributed by atoms with E-state index in [0.29, 0.717) is 30.7 Å². The first-order valence-corrected chi connectivity index (χ1v) is 22.1. The molecule has 330 valence electrons. The maximum atomic E-state index is 13.0. The molecule has 0 saturated carbocycles. The maximum Gasteiger partial charge on any atom is 0.251 e. The molecule has 2 amide bonds. The van der Waals surface area contributed by atoms with Crippen molar-refractivity contribution in [1.29, 1.82) is 0 Å². The normalized spacial score (nSPS) is 21.2. The van der Waals surface area contributed by atoms with Crippen LogP contribution in [0, 0.1) is 0 Å². The molecule has 0 radical (unpaired) electrons. The van der Waals surface area contributed by atoms with Gasteiger partial charge in [-0.05, 0) is 37.5 Å². The van der Waals surface area contributed by atoms with Crippen molar-refractivity contribution in [3.63, 3.8) is 0 Å². The highest BCUT2D eigenvalue weighted by atomic mass is 16.7. The summed E-state index contributed by atoms with van der Waals surface area (Å²) >= 11 is 0. The quantitative estimate of drug-likeness (QED) is 0.0412. The largest absolute Gasteiger partial charge is 0.497 e. The van der Waals surface area contributed by atoms with Gasteiger partial charge in [0.15, 0.2) is 6.29 Å². The Kier molecular flexibility index (Phi) is 28.1. The van der Waals surface area contributed by atoms with Crippen molar-refractivity contribution in [3.05, 3.63) is 29.8 Å². The molecule has 0 aliphatic carbocycles. The zero-order valence-corrected chi connectivity index (χ0v) is 35.0. The van der Waals surface area contributed by atoms with E-state index < -0.39 is 55.6 Å². The number of unbranched alkanes of at least 4 members (excludes halogenated alkanes) is 19. The van der Waals surface area contributed by atoms with Crippen molar-refractivity contribution in [2.24, 2.45) is 0 Å². The molecule has 57 heavy (non-hydrogen) atoms. The summed E-state index contributed by atoms with van der Waals surface area (Å²) in [5.74, 6) is 0.259. The number of amides is 2. The summed E-state index contributed by atoms with van der Waals surface area (Å²) in [6.07, 6.45) is 13.8. The highest BCUT2D eigenvalue weighted by molar-refractivity contribution is 5.94. The molecule has 0 aromatic heterocycles. The van der Waals surface area contributed by atoms with Gasteiger partial charge in [0.05, 0.1) is 32.5 Å². The van der Waals surface area contributed by atoms with Crippen molar-refractivity contribution in [1.82, 2.24) is 10.6 Å². The van der Waals surface area contributed by atoms with E-state index >= 15 is 0 Å². The minimum absolute atomic E-state index is 0.0988. The van der Waals surface area contributed by atoms with Gasteiger partial charge in [0.25, 0.3) is 5.91 Å². The molecule has 0 spiro atoms. The average Bonchev–Trinajstić information content (AvgIpc) is 3.22. The first kappa shape index (κ1) is 50.8. The zero-order valence-electron chi connectivity index (χ0n) is 35.0. The second-order valence-corrected chi connectivity index (χ2v) is 15.9. The average molecular weight is 811 g/mol. The smallest absolute Gasteiger partial charge is 0.251 e. The minimum Gasteiger partial charge on any atom is -0.497 e. The Morgan fingerprint density at radius 1 is 0.754 bits per heavy atom. The second-order valence-electron chi connectivity index (χ2n) is 15.9. The minimum atomic E-state index is -1.62.